The first-order chi connectivity index (χ1) is 10.8. The monoisotopic (exact) mass is 317 g/mol. The Bertz CT molecular complexity index is 754. The molecule has 0 spiro atoms. The molecule has 0 bridgehead atoms. The number of rotatable bonds is 5. The second-order valence-electron chi connectivity index (χ2n) is 5.48. The van der Waals surface area contributed by atoms with Crippen LogP contribution in [-0.2, 0) is 11.8 Å². The Morgan fingerprint density at radius 3 is 2.78 bits per heavy atom. The Balaban J connectivity index is 2.13. The highest BCUT2D eigenvalue weighted by molar-refractivity contribution is 5.94. The molecule has 2 rings (SSSR count). The number of aryl methyl sites for hydroxylation is 3. The summed E-state index contributed by atoms with van der Waals surface area (Å²) < 4.78 is 1.52. The fraction of sp³-hybridized carbons (Fsp3) is 0.333. The van der Waals surface area contributed by atoms with Gasteiger partial charge in [0.15, 0.2) is 0 Å². The lowest BCUT2D eigenvalue weighted by Crippen LogP contribution is -2.31. The van der Waals surface area contributed by atoms with Gasteiger partial charge in [-0.1, -0.05) is 12.1 Å². The smallest absolute Gasteiger partial charge is 0.358 e. The Morgan fingerprint density at radius 1 is 1.43 bits per heavy atom. The van der Waals surface area contributed by atoms with Crippen molar-refractivity contribution < 1.29 is 9.72 Å². The first kappa shape index (κ1) is 16.5. The van der Waals surface area contributed by atoms with Crippen LogP contribution in [0.25, 0.3) is 0 Å². The van der Waals surface area contributed by atoms with Crippen molar-refractivity contribution in [3.8, 4) is 0 Å². The number of anilines is 2. The van der Waals surface area contributed by atoms with E-state index in [0.717, 1.165) is 16.8 Å². The zero-order chi connectivity index (χ0) is 17.1. The molecule has 1 heterocycles. The minimum absolute atomic E-state index is 0.0201. The summed E-state index contributed by atoms with van der Waals surface area (Å²) in [5.74, 6) is -0.239. The number of nitrogens with zero attached hydrogens (tertiary/aromatic N) is 4. The Morgan fingerprint density at radius 2 is 2.13 bits per heavy atom. The third-order valence-electron chi connectivity index (χ3n) is 3.47. The van der Waals surface area contributed by atoms with Gasteiger partial charge in [0.2, 0.25) is 18.1 Å². The molecule has 0 unspecified atom stereocenters. The van der Waals surface area contributed by atoms with E-state index >= 15 is 0 Å². The molecule has 0 saturated heterocycles. The molecule has 1 aromatic carbocycles. The van der Waals surface area contributed by atoms with Gasteiger partial charge in [0, 0.05) is 19.8 Å². The molecule has 122 valence electrons. The number of nitro groups is 1. The molecule has 0 fully saturated rings. The van der Waals surface area contributed by atoms with Crippen LogP contribution >= 0.6 is 0 Å². The summed E-state index contributed by atoms with van der Waals surface area (Å²) in [5.41, 5.74) is 2.74. The SMILES string of the molecule is Cc1ccc(C)c(NC(=O)CN(C)c2c([N+](=O)[O-])ncn2C)c1. The normalized spacial score (nSPS) is 10.4. The van der Waals surface area contributed by atoms with E-state index in [4.69, 9.17) is 0 Å². The highest BCUT2D eigenvalue weighted by Crippen LogP contribution is 2.24. The van der Waals surface area contributed by atoms with E-state index < -0.39 is 4.92 Å². The number of amides is 1. The van der Waals surface area contributed by atoms with Gasteiger partial charge in [-0.2, -0.15) is 0 Å². The van der Waals surface area contributed by atoms with Crippen LogP contribution in [0.15, 0.2) is 24.5 Å². The van der Waals surface area contributed by atoms with Crippen molar-refractivity contribution in [3.63, 3.8) is 0 Å². The zero-order valence-electron chi connectivity index (χ0n) is 13.5. The summed E-state index contributed by atoms with van der Waals surface area (Å²) in [5, 5.41) is 13.8. The third kappa shape index (κ3) is 3.65. The van der Waals surface area contributed by atoms with E-state index in [1.54, 1.807) is 14.1 Å². The van der Waals surface area contributed by atoms with Gasteiger partial charge in [0.25, 0.3) is 0 Å². The molecular formula is C15H19N5O3. The van der Waals surface area contributed by atoms with Crippen molar-refractivity contribution in [2.75, 3.05) is 23.8 Å². The number of carbonyl (C=O) groups excluding carboxylic acids is 1. The van der Waals surface area contributed by atoms with Crippen LogP contribution in [0.4, 0.5) is 17.3 Å². The molecule has 8 heteroatoms. The maximum Gasteiger partial charge on any atom is 0.406 e. The number of hydrogen-bond acceptors (Lipinski definition) is 5. The maximum absolute atomic E-state index is 12.2. The van der Waals surface area contributed by atoms with E-state index in [1.807, 2.05) is 32.0 Å². The van der Waals surface area contributed by atoms with Gasteiger partial charge in [-0.25, -0.2) is 0 Å². The van der Waals surface area contributed by atoms with E-state index in [2.05, 4.69) is 10.3 Å². The molecule has 1 aromatic heterocycles. The van der Waals surface area contributed by atoms with E-state index in [-0.39, 0.29) is 24.1 Å². The molecule has 2 aromatic rings. The molecule has 0 aliphatic carbocycles. The summed E-state index contributed by atoms with van der Waals surface area (Å²) in [6.45, 7) is 3.83. The van der Waals surface area contributed by atoms with Crippen molar-refractivity contribution in [1.29, 1.82) is 0 Å². The number of likely N-dealkylation sites (N-methyl/N-ethyl adjacent to an activating group) is 1. The second-order valence-corrected chi connectivity index (χ2v) is 5.48. The summed E-state index contributed by atoms with van der Waals surface area (Å²) in [4.78, 5) is 27.9. The van der Waals surface area contributed by atoms with Gasteiger partial charge in [-0.3, -0.25) is 9.36 Å². The summed E-state index contributed by atoms with van der Waals surface area (Å²) in [7, 11) is 3.27. The first-order valence-corrected chi connectivity index (χ1v) is 7.03. The predicted octanol–water partition coefficient (Wildman–Crippen LogP) is 2.02. The number of imidazole rings is 1. The molecule has 1 amide bonds. The van der Waals surface area contributed by atoms with Gasteiger partial charge >= 0.3 is 5.82 Å². The van der Waals surface area contributed by atoms with Crippen LogP contribution in [-0.4, -0.2) is 34.0 Å². The topological polar surface area (TPSA) is 93.3 Å². The van der Waals surface area contributed by atoms with Crippen LogP contribution in [0, 0.1) is 24.0 Å². The lowest BCUT2D eigenvalue weighted by molar-refractivity contribution is -0.388. The van der Waals surface area contributed by atoms with Crippen LogP contribution in [0.5, 0.6) is 0 Å². The molecule has 8 nitrogen and oxygen atoms in total. The van der Waals surface area contributed by atoms with Gasteiger partial charge in [-0.15, -0.1) is 0 Å². The van der Waals surface area contributed by atoms with Gasteiger partial charge in [0.05, 0.1) is 6.54 Å². The standard InChI is InChI=1S/C15H19N5O3/c1-10-5-6-11(2)12(7-10)17-13(21)8-18(3)15-14(20(22)23)16-9-19(15)4/h5-7,9H,8H2,1-4H3,(H,17,21). The number of benzene rings is 1. The number of hydrogen-bond donors (Lipinski definition) is 1. The molecule has 0 aliphatic rings. The van der Waals surface area contributed by atoms with Gasteiger partial charge in [0.1, 0.15) is 0 Å². The average molecular weight is 317 g/mol. The molecule has 23 heavy (non-hydrogen) atoms. The number of nitrogens with one attached hydrogen (secondary N) is 1. The van der Waals surface area contributed by atoms with E-state index in [0.29, 0.717) is 0 Å². The van der Waals surface area contributed by atoms with Crippen molar-refractivity contribution in [2.45, 2.75) is 13.8 Å². The minimum atomic E-state index is -0.561. The van der Waals surface area contributed by atoms with Gasteiger partial charge in [-0.05, 0) is 40.9 Å². The summed E-state index contributed by atoms with van der Waals surface area (Å²) in [6.07, 6.45) is 1.35. The third-order valence-corrected chi connectivity index (χ3v) is 3.47. The maximum atomic E-state index is 12.2. The Kier molecular flexibility index (Phi) is 4.63. The molecule has 0 atom stereocenters. The lowest BCUT2D eigenvalue weighted by atomic mass is 10.1. The molecule has 0 radical (unpaired) electrons. The summed E-state index contributed by atoms with van der Waals surface area (Å²) >= 11 is 0. The average Bonchev–Trinajstić information content (AvgIpc) is 2.85. The van der Waals surface area contributed by atoms with Crippen LogP contribution in [0.1, 0.15) is 11.1 Å². The number of aromatic nitrogens is 2. The van der Waals surface area contributed by atoms with Crippen molar-refractivity contribution in [3.05, 3.63) is 45.8 Å². The van der Waals surface area contributed by atoms with Crippen molar-refractivity contribution in [2.24, 2.45) is 7.05 Å². The minimum Gasteiger partial charge on any atom is -0.358 e. The predicted molar refractivity (Wildman–Crippen MR) is 87.7 cm³/mol. The van der Waals surface area contributed by atoms with Crippen LogP contribution in [0.2, 0.25) is 0 Å². The van der Waals surface area contributed by atoms with E-state index in [1.165, 1.54) is 15.8 Å². The fourth-order valence-corrected chi connectivity index (χ4v) is 2.33. The fourth-order valence-electron chi connectivity index (χ4n) is 2.33. The summed E-state index contributed by atoms with van der Waals surface area (Å²) in [6, 6.07) is 5.79. The van der Waals surface area contributed by atoms with E-state index in [9.17, 15) is 14.9 Å². The van der Waals surface area contributed by atoms with Crippen molar-refractivity contribution in [1.82, 2.24) is 9.55 Å². The molecular weight excluding hydrogens is 298 g/mol. The lowest BCUT2D eigenvalue weighted by Gasteiger charge is -2.18. The van der Waals surface area contributed by atoms with Crippen LogP contribution in [0.3, 0.4) is 0 Å². The first-order valence-electron chi connectivity index (χ1n) is 7.03. The highest BCUT2D eigenvalue weighted by atomic mass is 16.6. The Labute approximate surface area is 133 Å². The Hall–Kier alpha value is -2.90. The molecule has 0 saturated carbocycles. The molecule has 1 N–H and O–H groups in total. The number of carbonyl (C=O) groups is 1. The van der Waals surface area contributed by atoms with Gasteiger partial charge < -0.3 is 20.3 Å². The zero-order valence-corrected chi connectivity index (χ0v) is 13.5. The van der Waals surface area contributed by atoms with Crippen molar-refractivity contribution >= 4 is 23.2 Å². The molecule has 0 aliphatic heterocycles. The highest BCUT2D eigenvalue weighted by Gasteiger charge is 2.24. The second kappa shape index (κ2) is 6.47. The van der Waals surface area contributed by atoms with Crippen LogP contribution < -0.4 is 10.2 Å². The quantitative estimate of drug-likeness (QED) is 0.672. The largest absolute Gasteiger partial charge is 0.406 e.